The minimum absolute atomic E-state index is 0.0752. The van der Waals surface area contributed by atoms with Crippen LogP contribution in [0.5, 0.6) is 0 Å². The molecule has 1 heteroatoms. The zero-order chi connectivity index (χ0) is 7.42. The van der Waals surface area contributed by atoms with Crippen LogP contribution >= 0.6 is 0 Å². The molecule has 62 valence electrons. The fourth-order valence-electron chi connectivity index (χ4n) is 4.02. The van der Waals surface area contributed by atoms with E-state index in [2.05, 4.69) is 0 Å². The summed E-state index contributed by atoms with van der Waals surface area (Å²) in [6, 6.07) is 0. The highest BCUT2D eigenvalue weighted by Gasteiger charge is 2.51. The molecule has 3 fully saturated rings. The van der Waals surface area contributed by atoms with Crippen molar-refractivity contribution in [1.29, 1.82) is 0 Å². The van der Waals surface area contributed by atoms with E-state index in [-0.39, 0.29) is 6.10 Å². The summed E-state index contributed by atoms with van der Waals surface area (Å²) in [6.07, 6.45) is 6.81. The van der Waals surface area contributed by atoms with Gasteiger partial charge in [0.15, 0.2) is 0 Å². The van der Waals surface area contributed by atoms with Crippen LogP contribution in [0.15, 0.2) is 0 Å². The lowest BCUT2D eigenvalue weighted by molar-refractivity contribution is 0.0358. The lowest BCUT2D eigenvalue weighted by Gasteiger charge is -2.31. The first-order valence-electron chi connectivity index (χ1n) is 5.04. The van der Waals surface area contributed by atoms with Gasteiger partial charge in [-0.25, -0.2) is 0 Å². The van der Waals surface area contributed by atoms with Gasteiger partial charge in [0, 0.05) is 0 Å². The van der Waals surface area contributed by atoms with Crippen molar-refractivity contribution in [3.63, 3.8) is 0 Å². The molecule has 1 nitrogen and oxygen atoms in total. The van der Waals surface area contributed by atoms with E-state index < -0.39 is 0 Å². The summed E-state index contributed by atoms with van der Waals surface area (Å²) in [4.78, 5) is 0. The molecule has 0 spiro atoms. The molecule has 3 aliphatic rings. The van der Waals surface area contributed by atoms with E-state index in [0.717, 1.165) is 24.2 Å². The van der Waals surface area contributed by atoms with Gasteiger partial charge in [-0.2, -0.15) is 0 Å². The molecule has 0 aromatic rings. The van der Waals surface area contributed by atoms with Gasteiger partial charge in [-0.05, 0) is 55.8 Å². The van der Waals surface area contributed by atoms with Gasteiger partial charge in [0.2, 0.25) is 0 Å². The molecular formula is C10H16O. The van der Waals surface area contributed by atoms with Crippen molar-refractivity contribution in [3.8, 4) is 0 Å². The minimum atomic E-state index is 0.0752. The lowest BCUT2D eigenvalue weighted by atomic mass is 9.77. The summed E-state index contributed by atoms with van der Waals surface area (Å²) in [5, 5.41) is 9.78. The Bertz CT molecular complexity index is 176. The molecule has 0 heterocycles. The summed E-state index contributed by atoms with van der Waals surface area (Å²) >= 11 is 0. The zero-order valence-corrected chi connectivity index (χ0v) is 6.87. The molecule has 0 aromatic carbocycles. The molecule has 0 unspecified atom stereocenters. The smallest absolute Gasteiger partial charge is 0.0573 e. The highest BCUT2D eigenvalue weighted by Crippen LogP contribution is 2.57. The monoisotopic (exact) mass is 152 g/mol. The Labute approximate surface area is 67.8 Å². The Balaban J connectivity index is 1.96. The number of hydrogen-bond donors (Lipinski definition) is 1. The molecular weight excluding hydrogens is 136 g/mol. The first kappa shape index (κ1) is 6.47. The molecule has 0 aliphatic heterocycles. The van der Waals surface area contributed by atoms with Crippen molar-refractivity contribution in [1.82, 2.24) is 0 Å². The normalized spacial score (nSPS) is 60.3. The van der Waals surface area contributed by atoms with E-state index in [1.807, 2.05) is 0 Å². The van der Waals surface area contributed by atoms with Crippen molar-refractivity contribution < 1.29 is 5.11 Å². The molecule has 3 rings (SSSR count). The molecule has 11 heavy (non-hydrogen) atoms. The second kappa shape index (κ2) is 2.01. The van der Waals surface area contributed by atoms with Crippen LogP contribution < -0.4 is 0 Å². The van der Waals surface area contributed by atoms with Crippen LogP contribution in [0, 0.1) is 23.7 Å². The molecule has 0 radical (unpaired) electrons. The first-order valence-corrected chi connectivity index (χ1v) is 5.04. The second-order valence-corrected chi connectivity index (χ2v) is 4.71. The number of aliphatic hydroxyl groups is 1. The van der Waals surface area contributed by atoms with Gasteiger partial charge in [0.05, 0.1) is 6.10 Å². The SMILES string of the molecule is O[C@H]1C[C@@H]2CC[C@H]3[C@@H]2CC[C@H]31. The maximum atomic E-state index is 9.78. The predicted octanol–water partition coefficient (Wildman–Crippen LogP) is 1.80. The Kier molecular flexibility index (Phi) is 1.18. The third-order valence-electron chi connectivity index (χ3n) is 4.45. The zero-order valence-electron chi connectivity index (χ0n) is 6.87. The fourth-order valence-corrected chi connectivity index (χ4v) is 4.02. The van der Waals surface area contributed by atoms with Gasteiger partial charge < -0.3 is 5.11 Å². The average Bonchev–Trinajstić information content (AvgIpc) is 2.44. The third-order valence-corrected chi connectivity index (χ3v) is 4.45. The van der Waals surface area contributed by atoms with Gasteiger partial charge in [-0.1, -0.05) is 0 Å². The van der Waals surface area contributed by atoms with Gasteiger partial charge in [0.1, 0.15) is 0 Å². The van der Waals surface area contributed by atoms with Gasteiger partial charge in [-0.15, -0.1) is 0 Å². The molecule has 5 atom stereocenters. The van der Waals surface area contributed by atoms with Crippen molar-refractivity contribution in [2.75, 3.05) is 0 Å². The average molecular weight is 152 g/mol. The highest BCUT2D eigenvalue weighted by molar-refractivity contribution is 5.01. The summed E-state index contributed by atoms with van der Waals surface area (Å²) in [5.74, 6) is 3.58. The van der Waals surface area contributed by atoms with Crippen molar-refractivity contribution in [3.05, 3.63) is 0 Å². The van der Waals surface area contributed by atoms with Gasteiger partial charge in [0.25, 0.3) is 0 Å². The number of hydrogen-bond acceptors (Lipinski definition) is 1. The quantitative estimate of drug-likeness (QED) is 0.561. The molecule has 0 saturated heterocycles. The maximum Gasteiger partial charge on any atom is 0.0573 e. The standard InChI is InChI=1S/C10H16O/c11-10-5-6-1-2-8-7(6)3-4-9(8)10/h6-11H,1-5H2/t6-,7+,8-,9+,10-/m0/s1. The summed E-state index contributed by atoms with van der Waals surface area (Å²) in [5.41, 5.74) is 0. The fraction of sp³-hybridized carbons (Fsp3) is 1.00. The second-order valence-electron chi connectivity index (χ2n) is 4.71. The van der Waals surface area contributed by atoms with Crippen molar-refractivity contribution in [2.24, 2.45) is 23.7 Å². The van der Waals surface area contributed by atoms with Crippen LogP contribution in [0.2, 0.25) is 0 Å². The Morgan fingerprint density at radius 3 is 2.45 bits per heavy atom. The molecule has 0 aromatic heterocycles. The van der Waals surface area contributed by atoms with Crippen molar-refractivity contribution in [2.45, 2.75) is 38.2 Å². The number of rotatable bonds is 0. The Morgan fingerprint density at radius 1 is 0.818 bits per heavy atom. The van der Waals surface area contributed by atoms with Crippen LogP contribution in [0.1, 0.15) is 32.1 Å². The van der Waals surface area contributed by atoms with Crippen LogP contribution in [-0.4, -0.2) is 11.2 Å². The van der Waals surface area contributed by atoms with Crippen LogP contribution in [0.25, 0.3) is 0 Å². The first-order chi connectivity index (χ1) is 5.36. The van der Waals surface area contributed by atoms with Gasteiger partial charge >= 0.3 is 0 Å². The summed E-state index contributed by atoms with van der Waals surface area (Å²) in [7, 11) is 0. The van der Waals surface area contributed by atoms with E-state index in [0.29, 0.717) is 5.92 Å². The van der Waals surface area contributed by atoms with Crippen LogP contribution in [0.3, 0.4) is 0 Å². The van der Waals surface area contributed by atoms with E-state index in [1.54, 1.807) is 0 Å². The minimum Gasteiger partial charge on any atom is -0.393 e. The van der Waals surface area contributed by atoms with E-state index in [4.69, 9.17) is 0 Å². The largest absolute Gasteiger partial charge is 0.393 e. The molecule has 3 saturated carbocycles. The number of aliphatic hydroxyl groups excluding tert-OH is 1. The van der Waals surface area contributed by atoms with E-state index in [9.17, 15) is 5.11 Å². The summed E-state index contributed by atoms with van der Waals surface area (Å²) in [6.45, 7) is 0. The highest BCUT2D eigenvalue weighted by atomic mass is 16.3. The third kappa shape index (κ3) is 0.703. The molecule has 1 N–H and O–H groups in total. The van der Waals surface area contributed by atoms with Crippen LogP contribution in [-0.2, 0) is 0 Å². The Morgan fingerprint density at radius 2 is 1.55 bits per heavy atom. The lowest BCUT2D eigenvalue weighted by Crippen LogP contribution is -2.31. The molecule has 4 bridgehead atoms. The van der Waals surface area contributed by atoms with E-state index >= 15 is 0 Å². The molecule has 0 amide bonds. The van der Waals surface area contributed by atoms with Crippen molar-refractivity contribution >= 4 is 0 Å². The van der Waals surface area contributed by atoms with Gasteiger partial charge in [-0.3, -0.25) is 0 Å². The summed E-state index contributed by atoms with van der Waals surface area (Å²) < 4.78 is 0. The predicted molar refractivity (Wildman–Crippen MR) is 43.1 cm³/mol. The maximum absolute atomic E-state index is 9.78. The Hall–Kier alpha value is -0.0400. The van der Waals surface area contributed by atoms with Crippen LogP contribution in [0.4, 0.5) is 0 Å². The molecule has 3 aliphatic carbocycles. The van der Waals surface area contributed by atoms with E-state index in [1.165, 1.54) is 25.7 Å². The topological polar surface area (TPSA) is 20.2 Å².